The fourth-order valence-corrected chi connectivity index (χ4v) is 3.80. The zero-order valence-corrected chi connectivity index (χ0v) is 14.5. The lowest BCUT2D eigenvalue weighted by atomic mass is 9.98. The minimum atomic E-state index is 0.0571. The fourth-order valence-electron chi connectivity index (χ4n) is 3.80. The Bertz CT molecular complexity index is 880. The third-order valence-electron chi connectivity index (χ3n) is 5.09. The Morgan fingerprint density at radius 1 is 1.36 bits per heavy atom. The monoisotopic (exact) mass is 337 g/mol. The van der Waals surface area contributed by atoms with Gasteiger partial charge in [0.25, 0.3) is 0 Å². The van der Waals surface area contributed by atoms with Crippen LogP contribution in [0.5, 0.6) is 0 Å². The number of para-hydroxylation sites is 1. The zero-order chi connectivity index (χ0) is 17.2. The molecule has 0 aliphatic carbocycles. The first-order chi connectivity index (χ1) is 12.2. The van der Waals surface area contributed by atoms with Crippen molar-refractivity contribution in [3.63, 3.8) is 0 Å². The van der Waals surface area contributed by atoms with Crippen molar-refractivity contribution < 1.29 is 9.32 Å². The van der Waals surface area contributed by atoms with Crippen LogP contribution in [0.2, 0.25) is 0 Å². The number of nitrogens with zero attached hydrogens (tertiary/aromatic N) is 2. The van der Waals surface area contributed by atoms with Crippen molar-refractivity contribution in [3.8, 4) is 0 Å². The number of piperidine rings is 1. The van der Waals surface area contributed by atoms with E-state index in [2.05, 4.69) is 22.3 Å². The van der Waals surface area contributed by atoms with Gasteiger partial charge in [0.05, 0.1) is 6.04 Å². The smallest absolute Gasteiger partial charge is 0.223 e. The average molecular weight is 337 g/mol. The van der Waals surface area contributed by atoms with Gasteiger partial charge in [-0.15, -0.1) is 0 Å². The molecule has 3 heterocycles. The Balaban J connectivity index is 1.47. The van der Waals surface area contributed by atoms with Crippen LogP contribution >= 0.6 is 0 Å². The molecule has 1 aromatic carbocycles. The maximum Gasteiger partial charge on any atom is 0.223 e. The lowest BCUT2D eigenvalue weighted by Crippen LogP contribution is -2.38. The molecular formula is C20H23N3O2. The second-order valence-electron chi connectivity index (χ2n) is 6.82. The predicted molar refractivity (Wildman–Crippen MR) is 96.2 cm³/mol. The summed E-state index contributed by atoms with van der Waals surface area (Å²) in [7, 11) is 0. The van der Waals surface area contributed by atoms with Gasteiger partial charge in [-0.1, -0.05) is 23.4 Å². The van der Waals surface area contributed by atoms with Crippen molar-refractivity contribution in [1.82, 2.24) is 15.0 Å². The summed E-state index contributed by atoms with van der Waals surface area (Å²) in [6.07, 6.45) is 6.45. The number of amides is 1. The lowest BCUT2D eigenvalue weighted by Gasteiger charge is -2.34. The van der Waals surface area contributed by atoms with E-state index < -0.39 is 0 Å². The maximum atomic E-state index is 12.9. The summed E-state index contributed by atoms with van der Waals surface area (Å²) < 4.78 is 5.22. The van der Waals surface area contributed by atoms with E-state index in [1.807, 2.05) is 36.2 Å². The molecule has 0 saturated carbocycles. The van der Waals surface area contributed by atoms with Crippen molar-refractivity contribution in [1.29, 1.82) is 0 Å². The molecule has 0 spiro atoms. The van der Waals surface area contributed by atoms with E-state index in [4.69, 9.17) is 4.52 Å². The molecular weight excluding hydrogens is 314 g/mol. The standard InChI is InChI=1S/C20H23N3O2/c1-14-12-18(22-25-14)19-8-4-5-11-23(19)20(24)10-9-15-13-21-17-7-3-2-6-16(15)17/h2-3,6-7,12-13,19,21H,4-5,8-11H2,1H3/t19-/m1/s1. The third-order valence-corrected chi connectivity index (χ3v) is 5.09. The molecule has 25 heavy (non-hydrogen) atoms. The second kappa shape index (κ2) is 6.75. The highest BCUT2D eigenvalue weighted by Crippen LogP contribution is 2.31. The zero-order valence-electron chi connectivity index (χ0n) is 14.5. The minimum absolute atomic E-state index is 0.0571. The highest BCUT2D eigenvalue weighted by atomic mass is 16.5. The predicted octanol–water partition coefficient (Wildman–Crippen LogP) is 4.15. The number of hydrogen-bond acceptors (Lipinski definition) is 3. The van der Waals surface area contributed by atoms with E-state index in [1.165, 1.54) is 10.9 Å². The fraction of sp³-hybridized carbons (Fsp3) is 0.400. The number of aryl methyl sites for hydroxylation is 2. The molecule has 1 aliphatic heterocycles. The molecule has 4 rings (SSSR count). The Morgan fingerprint density at radius 3 is 3.08 bits per heavy atom. The number of aromatic nitrogens is 2. The number of rotatable bonds is 4. The number of carbonyl (C=O) groups is 1. The van der Waals surface area contributed by atoms with E-state index in [1.54, 1.807) is 0 Å². The van der Waals surface area contributed by atoms with Gasteiger partial charge in [0, 0.05) is 36.1 Å². The SMILES string of the molecule is Cc1cc([C@H]2CCCCN2C(=O)CCc2c[nH]c3ccccc23)no1. The molecule has 1 N–H and O–H groups in total. The number of carbonyl (C=O) groups excluding carboxylic acids is 1. The van der Waals surface area contributed by atoms with Gasteiger partial charge >= 0.3 is 0 Å². The molecule has 0 unspecified atom stereocenters. The van der Waals surface area contributed by atoms with Crippen LogP contribution in [0, 0.1) is 6.92 Å². The maximum absolute atomic E-state index is 12.9. The number of fused-ring (bicyclic) bond motifs is 1. The van der Waals surface area contributed by atoms with Gasteiger partial charge in [-0.05, 0) is 44.2 Å². The van der Waals surface area contributed by atoms with Crippen LogP contribution in [0.3, 0.4) is 0 Å². The number of benzene rings is 1. The van der Waals surface area contributed by atoms with Crippen LogP contribution in [-0.2, 0) is 11.2 Å². The molecule has 1 aliphatic rings. The van der Waals surface area contributed by atoms with E-state index in [9.17, 15) is 4.79 Å². The quantitative estimate of drug-likeness (QED) is 0.778. The topological polar surface area (TPSA) is 62.1 Å². The Kier molecular flexibility index (Phi) is 4.30. The number of aromatic amines is 1. The minimum Gasteiger partial charge on any atom is -0.361 e. The molecule has 0 radical (unpaired) electrons. The summed E-state index contributed by atoms with van der Waals surface area (Å²) in [4.78, 5) is 18.2. The first-order valence-corrected chi connectivity index (χ1v) is 9.00. The van der Waals surface area contributed by atoms with Crippen LogP contribution in [-0.4, -0.2) is 27.5 Å². The summed E-state index contributed by atoms with van der Waals surface area (Å²) in [6.45, 7) is 2.70. The summed E-state index contributed by atoms with van der Waals surface area (Å²) >= 11 is 0. The van der Waals surface area contributed by atoms with Gasteiger partial charge in [-0.3, -0.25) is 4.79 Å². The van der Waals surface area contributed by atoms with E-state index >= 15 is 0 Å². The van der Waals surface area contributed by atoms with Gasteiger partial charge in [-0.2, -0.15) is 0 Å². The van der Waals surface area contributed by atoms with E-state index in [0.29, 0.717) is 6.42 Å². The van der Waals surface area contributed by atoms with Crippen LogP contribution in [0.25, 0.3) is 10.9 Å². The largest absolute Gasteiger partial charge is 0.361 e. The number of nitrogens with one attached hydrogen (secondary N) is 1. The van der Waals surface area contributed by atoms with Gasteiger partial charge in [0.15, 0.2) is 0 Å². The van der Waals surface area contributed by atoms with Crippen molar-refractivity contribution in [2.45, 2.75) is 45.1 Å². The number of hydrogen-bond donors (Lipinski definition) is 1. The number of H-pyrrole nitrogens is 1. The highest BCUT2D eigenvalue weighted by molar-refractivity contribution is 5.84. The Hall–Kier alpha value is -2.56. The lowest BCUT2D eigenvalue weighted by molar-refractivity contribution is -0.135. The molecule has 1 fully saturated rings. The first kappa shape index (κ1) is 15.9. The average Bonchev–Trinajstić information content (AvgIpc) is 3.26. The molecule has 2 aromatic heterocycles. The van der Waals surface area contributed by atoms with E-state index in [-0.39, 0.29) is 11.9 Å². The molecule has 5 heteroatoms. The number of likely N-dealkylation sites (tertiary alicyclic amines) is 1. The molecule has 5 nitrogen and oxygen atoms in total. The molecule has 130 valence electrons. The highest BCUT2D eigenvalue weighted by Gasteiger charge is 2.29. The first-order valence-electron chi connectivity index (χ1n) is 9.00. The van der Waals surface area contributed by atoms with Crippen LogP contribution in [0.1, 0.15) is 48.7 Å². The van der Waals surface area contributed by atoms with Crippen LogP contribution in [0.15, 0.2) is 41.1 Å². The molecule has 1 saturated heterocycles. The summed E-state index contributed by atoms with van der Waals surface area (Å²) in [5.74, 6) is 1.00. The van der Waals surface area contributed by atoms with Gasteiger partial charge in [0.1, 0.15) is 11.5 Å². The van der Waals surface area contributed by atoms with Crippen molar-refractivity contribution in [2.75, 3.05) is 6.54 Å². The molecule has 0 bridgehead atoms. The molecule has 1 atom stereocenters. The molecule has 1 amide bonds. The van der Waals surface area contributed by atoms with Crippen LogP contribution in [0.4, 0.5) is 0 Å². The van der Waals surface area contributed by atoms with Gasteiger partial charge in [-0.25, -0.2) is 0 Å². The van der Waals surface area contributed by atoms with Crippen LogP contribution < -0.4 is 0 Å². The molecule has 3 aromatic rings. The third kappa shape index (κ3) is 3.18. The second-order valence-corrected chi connectivity index (χ2v) is 6.82. The van der Waals surface area contributed by atoms with Gasteiger partial charge < -0.3 is 14.4 Å². The van der Waals surface area contributed by atoms with E-state index in [0.717, 1.165) is 49.2 Å². The normalized spacial score (nSPS) is 18.0. The van der Waals surface area contributed by atoms with Crippen molar-refractivity contribution in [2.24, 2.45) is 0 Å². The van der Waals surface area contributed by atoms with Gasteiger partial charge in [0.2, 0.25) is 5.91 Å². The summed E-state index contributed by atoms with van der Waals surface area (Å²) in [6, 6.07) is 10.2. The summed E-state index contributed by atoms with van der Waals surface area (Å²) in [5, 5.41) is 5.36. The Labute approximate surface area is 147 Å². The van der Waals surface area contributed by atoms with Crippen molar-refractivity contribution >= 4 is 16.8 Å². The van der Waals surface area contributed by atoms with Crippen molar-refractivity contribution in [3.05, 3.63) is 53.5 Å². The Morgan fingerprint density at radius 2 is 2.24 bits per heavy atom. The summed E-state index contributed by atoms with van der Waals surface area (Å²) in [5.41, 5.74) is 3.21.